The SMILES string of the molecule is Cc1ccc(-n2c3nc4ccccc4nc3c3c(=O)n(CCC(C)C)c(C)nc32)cc1C. The molecule has 5 rings (SSSR count). The van der Waals surface area contributed by atoms with E-state index in [9.17, 15) is 4.79 Å². The summed E-state index contributed by atoms with van der Waals surface area (Å²) in [6.07, 6.45) is 0.915. The molecule has 0 spiro atoms. The van der Waals surface area contributed by atoms with Crippen molar-refractivity contribution < 1.29 is 0 Å². The quantitative estimate of drug-likeness (QED) is 0.394. The fourth-order valence-electron chi connectivity index (χ4n) is 4.19. The lowest BCUT2D eigenvalue weighted by Crippen LogP contribution is -2.24. The molecular weight excluding hydrogens is 398 g/mol. The zero-order valence-electron chi connectivity index (χ0n) is 19.2. The van der Waals surface area contributed by atoms with E-state index in [1.807, 2.05) is 35.8 Å². The average molecular weight is 426 g/mol. The van der Waals surface area contributed by atoms with Crippen molar-refractivity contribution in [2.24, 2.45) is 5.92 Å². The lowest BCUT2D eigenvalue weighted by Gasteiger charge is -2.12. The molecule has 32 heavy (non-hydrogen) atoms. The molecule has 0 bridgehead atoms. The molecule has 3 heterocycles. The van der Waals surface area contributed by atoms with E-state index in [0.29, 0.717) is 40.5 Å². The maximum Gasteiger partial charge on any atom is 0.265 e. The van der Waals surface area contributed by atoms with E-state index < -0.39 is 0 Å². The van der Waals surface area contributed by atoms with Gasteiger partial charge in [0.1, 0.15) is 16.7 Å². The lowest BCUT2D eigenvalue weighted by molar-refractivity contribution is 0.498. The predicted molar refractivity (Wildman–Crippen MR) is 130 cm³/mol. The highest BCUT2D eigenvalue weighted by Gasteiger charge is 2.22. The number of hydrogen-bond donors (Lipinski definition) is 0. The lowest BCUT2D eigenvalue weighted by atomic mass is 10.1. The number of fused-ring (bicyclic) bond motifs is 4. The summed E-state index contributed by atoms with van der Waals surface area (Å²) in [6.45, 7) is 11.0. The number of aromatic nitrogens is 5. The van der Waals surface area contributed by atoms with Crippen LogP contribution in [0.3, 0.4) is 0 Å². The summed E-state index contributed by atoms with van der Waals surface area (Å²) in [7, 11) is 0. The second-order valence-electron chi connectivity index (χ2n) is 8.99. The summed E-state index contributed by atoms with van der Waals surface area (Å²) in [5.41, 5.74) is 6.72. The van der Waals surface area contributed by atoms with Crippen LogP contribution in [0.25, 0.3) is 38.9 Å². The third kappa shape index (κ3) is 3.18. The molecule has 2 aromatic carbocycles. The first kappa shape index (κ1) is 20.4. The average Bonchev–Trinajstić information content (AvgIpc) is 3.06. The normalized spacial score (nSPS) is 11.9. The van der Waals surface area contributed by atoms with Gasteiger partial charge in [0.05, 0.1) is 11.0 Å². The van der Waals surface area contributed by atoms with Crippen molar-refractivity contribution in [3.63, 3.8) is 0 Å². The zero-order valence-corrected chi connectivity index (χ0v) is 19.2. The predicted octanol–water partition coefficient (Wildman–Crippen LogP) is 5.25. The Bertz CT molecular complexity index is 1560. The first-order chi connectivity index (χ1) is 15.3. The third-order valence-electron chi connectivity index (χ3n) is 6.23. The topological polar surface area (TPSA) is 65.6 Å². The highest BCUT2D eigenvalue weighted by molar-refractivity contribution is 6.05. The van der Waals surface area contributed by atoms with Crippen LogP contribution >= 0.6 is 0 Å². The molecule has 162 valence electrons. The van der Waals surface area contributed by atoms with Crippen LogP contribution in [0.4, 0.5) is 0 Å². The number of benzene rings is 2. The van der Waals surface area contributed by atoms with Gasteiger partial charge in [0, 0.05) is 12.2 Å². The summed E-state index contributed by atoms with van der Waals surface area (Å²) in [6, 6.07) is 14.0. The van der Waals surface area contributed by atoms with Crippen LogP contribution in [0.15, 0.2) is 47.3 Å². The Balaban J connectivity index is 1.93. The standard InChI is InChI=1S/C26H27N5O/c1-15(2)12-13-30-18(5)27-24-22(26(30)32)23-25(29-21-9-7-6-8-20(21)28-23)31(24)19-11-10-16(3)17(4)14-19/h6-11,14-15H,12-13H2,1-5H3. The minimum absolute atomic E-state index is 0.0506. The van der Waals surface area contributed by atoms with E-state index in [1.54, 1.807) is 4.57 Å². The van der Waals surface area contributed by atoms with Gasteiger partial charge < -0.3 is 0 Å². The van der Waals surface area contributed by atoms with Crippen molar-refractivity contribution in [1.82, 2.24) is 24.1 Å². The first-order valence-corrected chi connectivity index (χ1v) is 11.1. The van der Waals surface area contributed by atoms with Crippen LogP contribution in [0.2, 0.25) is 0 Å². The van der Waals surface area contributed by atoms with Crippen molar-refractivity contribution in [3.8, 4) is 5.69 Å². The molecule has 0 fully saturated rings. The number of hydrogen-bond acceptors (Lipinski definition) is 4. The Morgan fingerprint density at radius 3 is 2.28 bits per heavy atom. The van der Waals surface area contributed by atoms with Gasteiger partial charge in [-0.2, -0.15) is 0 Å². The van der Waals surface area contributed by atoms with E-state index in [2.05, 4.69) is 45.9 Å². The highest BCUT2D eigenvalue weighted by Crippen LogP contribution is 2.29. The van der Waals surface area contributed by atoms with E-state index in [4.69, 9.17) is 15.0 Å². The molecule has 0 aliphatic carbocycles. The fraction of sp³-hybridized carbons (Fsp3) is 0.308. The van der Waals surface area contributed by atoms with Gasteiger partial charge >= 0.3 is 0 Å². The van der Waals surface area contributed by atoms with Crippen molar-refractivity contribution in [2.75, 3.05) is 0 Å². The highest BCUT2D eigenvalue weighted by atomic mass is 16.1. The summed E-state index contributed by atoms with van der Waals surface area (Å²) in [5.74, 6) is 1.21. The second-order valence-corrected chi connectivity index (χ2v) is 8.99. The van der Waals surface area contributed by atoms with Crippen molar-refractivity contribution >= 4 is 33.2 Å². The van der Waals surface area contributed by atoms with Gasteiger partial charge in [0.15, 0.2) is 11.3 Å². The Labute approximate surface area is 186 Å². The molecule has 0 aliphatic rings. The minimum Gasteiger partial charge on any atom is -0.296 e. The maximum atomic E-state index is 13.7. The Kier molecular flexibility index (Phi) is 4.81. The number of rotatable bonds is 4. The smallest absolute Gasteiger partial charge is 0.265 e. The van der Waals surface area contributed by atoms with Crippen LogP contribution in [-0.2, 0) is 6.54 Å². The Morgan fingerprint density at radius 1 is 0.875 bits per heavy atom. The third-order valence-corrected chi connectivity index (χ3v) is 6.23. The first-order valence-electron chi connectivity index (χ1n) is 11.1. The molecule has 0 radical (unpaired) electrons. The monoisotopic (exact) mass is 425 g/mol. The molecule has 6 heteroatoms. The second kappa shape index (κ2) is 7.55. The maximum absolute atomic E-state index is 13.7. The molecule has 5 aromatic rings. The van der Waals surface area contributed by atoms with Gasteiger partial charge in [0.25, 0.3) is 5.56 Å². The van der Waals surface area contributed by atoms with Crippen molar-refractivity contribution in [2.45, 2.75) is 47.6 Å². The Morgan fingerprint density at radius 2 is 1.59 bits per heavy atom. The van der Waals surface area contributed by atoms with Gasteiger partial charge in [-0.15, -0.1) is 0 Å². The van der Waals surface area contributed by atoms with Crippen LogP contribution in [0.1, 0.15) is 37.2 Å². The largest absolute Gasteiger partial charge is 0.296 e. The summed E-state index contributed by atoms with van der Waals surface area (Å²) in [4.78, 5) is 28.4. The van der Waals surface area contributed by atoms with Crippen LogP contribution < -0.4 is 5.56 Å². The molecule has 0 saturated carbocycles. The summed E-state index contributed by atoms with van der Waals surface area (Å²) >= 11 is 0. The molecule has 0 unspecified atom stereocenters. The molecule has 0 atom stereocenters. The summed E-state index contributed by atoms with van der Waals surface area (Å²) < 4.78 is 3.76. The van der Waals surface area contributed by atoms with Gasteiger partial charge in [-0.3, -0.25) is 13.9 Å². The molecule has 0 amide bonds. The van der Waals surface area contributed by atoms with Crippen molar-refractivity contribution in [1.29, 1.82) is 0 Å². The molecule has 0 aliphatic heterocycles. The summed E-state index contributed by atoms with van der Waals surface area (Å²) in [5, 5.41) is 0.533. The Hall–Kier alpha value is -3.54. The minimum atomic E-state index is -0.0506. The molecule has 0 N–H and O–H groups in total. The zero-order chi connectivity index (χ0) is 22.6. The molecule has 6 nitrogen and oxygen atoms in total. The van der Waals surface area contributed by atoms with Gasteiger partial charge in [-0.25, -0.2) is 15.0 Å². The molecular formula is C26H27N5O. The van der Waals surface area contributed by atoms with E-state index >= 15 is 0 Å². The van der Waals surface area contributed by atoms with Crippen LogP contribution in [0.5, 0.6) is 0 Å². The number of para-hydroxylation sites is 2. The van der Waals surface area contributed by atoms with E-state index in [0.717, 1.165) is 23.1 Å². The van der Waals surface area contributed by atoms with Gasteiger partial charge in [-0.05, 0) is 68.5 Å². The number of nitrogens with zero attached hydrogens (tertiary/aromatic N) is 5. The van der Waals surface area contributed by atoms with E-state index in [1.165, 1.54) is 11.1 Å². The van der Waals surface area contributed by atoms with Gasteiger partial charge in [0.2, 0.25) is 0 Å². The molecule has 0 saturated heterocycles. The van der Waals surface area contributed by atoms with E-state index in [-0.39, 0.29) is 5.56 Å². The number of aryl methyl sites for hydroxylation is 3. The van der Waals surface area contributed by atoms with Crippen LogP contribution in [-0.4, -0.2) is 24.1 Å². The molecule has 3 aromatic heterocycles. The van der Waals surface area contributed by atoms with Gasteiger partial charge in [-0.1, -0.05) is 32.0 Å². The fourth-order valence-corrected chi connectivity index (χ4v) is 4.19. The van der Waals surface area contributed by atoms with Crippen molar-refractivity contribution in [3.05, 3.63) is 69.8 Å². The van der Waals surface area contributed by atoms with Crippen LogP contribution in [0, 0.1) is 26.7 Å².